The van der Waals surface area contributed by atoms with Crippen LogP contribution in [-0.2, 0) is 14.2 Å². The molecule has 11 heteroatoms. The van der Waals surface area contributed by atoms with Gasteiger partial charge in [-0.05, 0) is 6.07 Å². The quantitative estimate of drug-likeness (QED) is 0.567. The Morgan fingerprint density at radius 3 is 1.76 bits per heavy atom. The summed E-state index contributed by atoms with van der Waals surface area (Å²) in [7, 11) is 0. The minimum atomic E-state index is -0.861. The van der Waals surface area contributed by atoms with Crippen LogP contribution in [0, 0.1) is 20.2 Å². The largest absolute Gasteiger partial charge is 0.487 e. The number of ether oxygens (including phenoxy) is 5. The van der Waals surface area contributed by atoms with Gasteiger partial charge in [0.05, 0.1) is 49.5 Å². The molecule has 2 rings (SSSR count). The Morgan fingerprint density at radius 1 is 0.720 bits per heavy atom. The number of nitro benzene ring substituents is 2. The number of hydrogen-bond acceptors (Lipinski definition) is 9. The zero-order valence-corrected chi connectivity index (χ0v) is 13.4. The number of hydrogen-bond donors (Lipinski definition) is 0. The number of fused-ring (bicyclic) bond motifs is 1. The van der Waals surface area contributed by atoms with Gasteiger partial charge >= 0.3 is 11.4 Å². The van der Waals surface area contributed by atoms with E-state index in [0.717, 1.165) is 6.07 Å². The maximum Gasteiger partial charge on any atom is 0.391 e. The molecule has 1 heterocycles. The molecule has 11 nitrogen and oxygen atoms in total. The van der Waals surface area contributed by atoms with E-state index in [4.69, 9.17) is 23.7 Å². The van der Waals surface area contributed by atoms with Gasteiger partial charge in [-0.1, -0.05) is 0 Å². The zero-order chi connectivity index (χ0) is 18.1. The van der Waals surface area contributed by atoms with Crippen LogP contribution in [0.5, 0.6) is 11.5 Å². The minimum Gasteiger partial charge on any atom is -0.487 e. The van der Waals surface area contributed by atoms with Crippen molar-refractivity contribution in [1.29, 1.82) is 0 Å². The number of nitrogens with zero attached hydrogens (tertiary/aromatic N) is 2. The highest BCUT2D eigenvalue weighted by Crippen LogP contribution is 2.43. The Hall–Kier alpha value is -2.50. The first kappa shape index (κ1) is 18.8. The van der Waals surface area contributed by atoms with Crippen LogP contribution < -0.4 is 9.47 Å². The van der Waals surface area contributed by atoms with Crippen LogP contribution >= 0.6 is 0 Å². The van der Waals surface area contributed by atoms with E-state index in [0.29, 0.717) is 26.4 Å². The summed E-state index contributed by atoms with van der Waals surface area (Å²) in [5.74, 6) is -0.263. The summed E-state index contributed by atoms with van der Waals surface area (Å²) in [5.41, 5.74) is -1.42. The molecule has 0 radical (unpaired) electrons. The molecule has 138 valence electrons. The maximum absolute atomic E-state index is 11.3. The van der Waals surface area contributed by atoms with Crippen molar-refractivity contribution >= 4 is 11.4 Å². The maximum atomic E-state index is 11.3. The average Bonchev–Trinajstić information content (AvgIpc) is 2.59. The van der Waals surface area contributed by atoms with Crippen LogP contribution in [0.3, 0.4) is 0 Å². The molecular weight excluding hydrogens is 340 g/mol. The van der Waals surface area contributed by atoms with Crippen LogP contribution in [0.1, 0.15) is 0 Å². The molecular formula is C14H18N2O9. The van der Waals surface area contributed by atoms with Gasteiger partial charge in [-0.15, -0.1) is 0 Å². The van der Waals surface area contributed by atoms with Gasteiger partial charge in [-0.25, -0.2) is 0 Å². The standard InChI is InChI=1S/C14H18N2O9/c17-15(18)11-1-2-12-14(13(11)16(19)20)25-10-8-23-6-4-21-3-5-22-7-9-24-12/h1-2H,3-10H2. The molecule has 0 unspecified atom stereocenters. The Balaban J connectivity index is 2.26. The molecule has 1 aliphatic rings. The second kappa shape index (κ2) is 9.71. The van der Waals surface area contributed by atoms with E-state index in [2.05, 4.69) is 0 Å². The van der Waals surface area contributed by atoms with E-state index >= 15 is 0 Å². The van der Waals surface area contributed by atoms with Crippen LogP contribution in [0.25, 0.3) is 0 Å². The van der Waals surface area contributed by atoms with Gasteiger partial charge < -0.3 is 23.7 Å². The lowest BCUT2D eigenvalue weighted by atomic mass is 10.2. The van der Waals surface area contributed by atoms with Crippen LogP contribution in [0.4, 0.5) is 11.4 Å². The average molecular weight is 358 g/mol. The van der Waals surface area contributed by atoms with Crippen molar-refractivity contribution in [3.05, 3.63) is 32.4 Å². The second-order valence-electron chi connectivity index (χ2n) is 4.81. The van der Waals surface area contributed by atoms with Crippen molar-refractivity contribution in [2.75, 3.05) is 52.9 Å². The molecule has 1 aromatic carbocycles. The van der Waals surface area contributed by atoms with Crippen LogP contribution in [0.15, 0.2) is 12.1 Å². The first-order chi connectivity index (χ1) is 12.1. The summed E-state index contributed by atoms with van der Waals surface area (Å²) in [6, 6.07) is 2.28. The molecule has 0 atom stereocenters. The van der Waals surface area contributed by atoms with Crippen LogP contribution in [-0.4, -0.2) is 62.7 Å². The van der Waals surface area contributed by atoms with E-state index in [-0.39, 0.29) is 37.9 Å². The molecule has 0 saturated carbocycles. The third-order valence-corrected chi connectivity index (χ3v) is 3.16. The fraction of sp³-hybridized carbons (Fsp3) is 0.571. The molecule has 1 aromatic rings. The summed E-state index contributed by atoms with van der Waals surface area (Å²) in [4.78, 5) is 20.7. The lowest BCUT2D eigenvalue weighted by molar-refractivity contribution is -0.423. The number of benzene rings is 1. The monoisotopic (exact) mass is 358 g/mol. The first-order valence-electron chi connectivity index (χ1n) is 7.56. The third-order valence-electron chi connectivity index (χ3n) is 3.16. The molecule has 0 bridgehead atoms. The first-order valence-corrected chi connectivity index (χ1v) is 7.56. The van der Waals surface area contributed by atoms with Crippen molar-refractivity contribution in [2.45, 2.75) is 0 Å². The summed E-state index contributed by atoms with van der Waals surface area (Å²) in [5, 5.41) is 22.4. The Kier molecular flexibility index (Phi) is 7.32. The molecule has 0 saturated heterocycles. The summed E-state index contributed by atoms with van der Waals surface area (Å²) in [6.45, 7) is 1.91. The lowest BCUT2D eigenvalue weighted by Crippen LogP contribution is -2.13. The van der Waals surface area contributed by atoms with Gasteiger partial charge in [0.1, 0.15) is 13.2 Å². The summed E-state index contributed by atoms with van der Waals surface area (Å²) in [6.07, 6.45) is 0. The molecule has 1 aliphatic heterocycles. The van der Waals surface area contributed by atoms with E-state index in [1.54, 1.807) is 0 Å². The highest BCUT2D eigenvalue weighted by Gasteiger charge is 2.33. The lowest BCUT2D eigenvalue weighted by Gasteiger charge is -2.13. The SMILES string of the molecule is O=[N+]([O-])c1ccc2c(c1[N+](=O)[O-])OCCOCCOCCOCCO2. The Labute approximate surface area is 142 Å². The van der Waals surface area contributed by atoms with Crippen molar-refractivity contribution in [3.8, 4) is 11.5 Å². The fourth-order valence-corrected chi connectivity index (χ4v) is 2.07. The van der Waals surface area contributed by atoms with Gasteiger partial charge in [0.2, 0.25) is 5.75 Å². The Bertz CT molecular complexity index is 608. The smallest absolute Gasteiger partial charge is 0.391 e. The van der Waals surface area contributed by atoms with Gasteiger partial charge in [0, 0.05) is 6.07 Å². The predicted octanol–water partition coefficient (Wildman–Crippen LogP) is 1.32. The van der Waals surface area contributed by atoms with Crippen LogP contribution in [0.2, 0.25) is 0 Å². The van der Waals surface area contributed by atoms with Gasteiger partial charge in [-0.3, -0.25) is 20.2 Å². The topological polar surface area (TPSA) is 132 Å². The molecule has 0 N–H and O–H groups in total. The van der Waals surface area contributed by atoms with Crippen molar-refractivity contribution < 1.29 is 33.5 Å². The number of nitro groups is 2. The molecule has 0 aliphatic carbocycles. The van der Waals surface area contributed by atoms with Crippen molar-refractivity contribution in [2.24, 2.45) is 0 Å². The minimum absolute atomic E-state index is 0.0329. The number of rotatable bonds is 2. The van der Waals surface area contributed by atoms with Gasteiger partial charge in [-0.2, -0.15) is 0 Å². The normalized spacial score (nSPS) is 17.1. The molecule has 25 heavy (non-hydrogen) atoms. The molecule has 0 amide bonds. The van der Waals surface area contributed by atoms with Gasteiger partial charge in [0.15, 0.2) is 5.75 Å². The van der Waals surface area contributed by atoms with E-state index < -0.39 is 21.2 Å². The van der Waals surface area contributed by atoms with E-state index in [1.807, 2.05) is 0 Å². The van der Waals surface area contributed by atoms with Crippen molar-refractivity contribution in [1.82, 2.24) is 0 Å². The summed E-state index contributed by atoms with van der Waals surface area (Å²) >= 11 is 0. The Morgan fingerprint density at radius 2 is 1.24 bits per heavy atom. The van der Waals surface area contributed by atoms with Gasteiger partial charge in [0.25, 0.3) is 0 Å². The predicted molar refractivity (Wildman–Crippen MR) is 83.2 cm³/mol. The summed E-state index contributed by atoms with van der Waals surface area (Å²) < 4.78 is 26.6. The highest BCUT2D eigenvalue weighted by atomic mass is 16.6. The van der Waals surface area contributed by atoms with E-state index in [1.165, 1.54) is 6.07 Å². The molecule has 0 aromatic heterocycles. The molecule has 0 fully saturated rings. The molecule has 0 spiro atoms. The van der Waals surface area contributed by atoms with Crippen molar-refractivity contribution in [3.63, 3.8) is 0 Å². The second-order valence-corrected chi connectivity index (χ2v) is 4.81. The third kappa shape index (κ3) is 5.52. The zero-order valence-electron chi connectivity index (χ0n) is 13.4. The van der Waals surface area contributed by atoms with E-state index in [9.17, 15) is 20.2 Å². The highest BCUT2D eigenvalue weighted by molar-refractivity contribution is 5.67. The fourth-order valence-electron chi connectivity index (χ4n) is 2.07.